The van der Waals surface area contributed by atoms with Crippen molar-refractivity contribution in [3.8, 4) is 5.75 Å². The van der Waals surface area contributed by atoms with Gasteiger partial charge in [0.25, 0.3) is 5.91 Å². The first-order valence-corrected chi connectivity index (χ1v) is 12.5. The van der Waals surface area contributed by atoms with Crippen LogP contribution in [0.2, 0.25) is 0 Å². The minimum atomic E-state index is -2.89. The molecule has 1 amide bonds. The molecule has 9 heteroatoms. The number of phenols is 1. The highest BCUT2D eigenvalue weighted by Crippen LogP contribution is 2.55. The Labute approximate surface area is 224 Å². The average Bonchev–Trinajstić information content (AvgIpc) is 2.85. The summed E-state index contributed by atoms with van der Waals surface area (Å²) in [4.78, 5) is 38.8. The number of nitrogens with two attached hydrogens (primary N) is 1. The molecule has 0 fully saturated rings. The van der Waals surface area contributed by atoms with E-state index in [2.05, 4.69) is 20.8 Å². The Bertz CT molecular complexity index is 1540. The fourth-order valence-corrected chi connectivity index (χ4v) is 5.95. The third kappa shape index (κ3) is 3.72. The van der Waals surface area contributed by atoms with E-state index in [1.165, 1.54) is 12.1 Å². The average molecular weight is 532 g/mol. The van der Waals surface area contributed by atoms with E-state index < -0.39 is 70.1 Å². The number of fused-ring (bicyclic) bond motifs is 3. The number of rotatable bonds is 2. The standard InChI is InChI=1S/C30H29NO8/c1-29(2,3)14-9-7-13(8-10-14)11-16-15-5-4-6-18(32)20(15)25(35)23-21(16)24(34)17-12-19(33)22(28(31)38)26(36)30(17,39)27(23)37/h4-11,17,21,24,32-34,37,39H,12H2,1-3H3,(H2,31,38)/b16-11+. The van der Waals surface area contributed by atoms with Gasteiger partial charge < -0.3 is 31.3 Å². The van der Waals surface area contributed by atoms with E-state index in [0.717, 1.165) is 5.56 Å². The van der Waals surface area contributed by atoms with Crippen molar-refractivity contribution in [1.29, 1.82) is 0 Å². The van der Waals surface area contributed by atoms with Crippen LogP contribution >= 0.6 is 0 Å². The lowest BCUT2D eigenvalue weighted by molar-refractivity contribution is -0.152. The lowest BCUT2D eigenvalue weighted by atomic mass is 9.57. The van der Waals surface area contributed by atoms with Crippen LogP contribution in [-0.4, -0.2) is 54.7 Å². The number of Topliss-reactive ketones (excluding diaryl/α,β-unsaturated/α-hetero) is 2. The van der Waals surface area contributed by atoms with Crippen molar-refractivity contribution in [1.82, 2.24) is 0 Å². The molecule has 0 aliphatic heterocycles. The van der Waals surface area contributed by atoms with E-state index in [1.54, 1.807) is 12.1 Å². The van der Waals surface area contributed by atoms with Gasteiger partial charge in [-0.05, 0) is 33.7 Å². The summed E-state index contributed by atoms with van der Waals surface area (Å²) in [6.45, 7) is 6.22. The minimum Gasteiger partial charge on any atom is -0.511 e. The van der Waals surface area contributed by atoms with Crippen LogP contribution in [0.25, 0.3) is 11.6 Å². The van der Waals surface area contributed by atoms with Crippen LogP contribution in [-0.2, 0) is 15.0 Å². The Morgan fingerprint density at radius 3 is 2.28 bits per heavy atom. The second-order valence-corrected chi connectivity index (χ2v) is 11.3. The number of aromatic hydroxyl groups is 1. The molecule has 0 saturated carbocycles. The predicted octanol–water partition coefficient (Wildman–Crippen LogP) is 2.85. The highest BCUT2D eigenvalue weighted by atomic mass is 16.4. The molecule has 4 atom stereocenters. The molecule has 2 aromatic rings. The molecule has 9 nitrogen and oxygen atoms in total. The van der Waals surface area contributed by atoms with Gasteiger partial charge >= 0.3 is 0 Å². The van der Waals surface area contributed by atoms with Crippen LogP contribution in [0, 0.1) is 11.8 Å². The molecule has 39 heavy (non-hydrogen) atoms. The summed E-state index contributed by atoms with van der Waals surface area (Å²) >= 11 is 0. The van der Waals surface area contributed by atoms with Gasteiger partial charge in [-0.25, -0.2) is 0 Å². The van der Waals surface area contributed by atoms with E-state index >= 15 is 0 Å². The van der Waals surface area contributed by atoms with Gasteiger partial charge in [0.15, 0.2) is 11.4 Å². The molecule has 0 saturated heterocycles. The number of hydrogen-bond acceptors (Lipinski definition) is 8. The summed E-state index contributed by atoms with van der Waals surface area (Å²) in [6.07, 6.45) is -0.497. The molecule has 0 aromatic heterocycles. The summed E-state index contributed by atoms with van der Waals surface area (Å²) in [6, 6.07) is 12.0. The number of carbonyl (C=O) groups is 3. The molecule has 4 unspecified atom stereocenters. The fourth-order valence-electron chi connectivity index (χ4n) is 5.95. The number of amides is 1. The van der Waals surface area contributed by atoms with Crippen LogP contribution in [0.4, 0.5) is 0 Å². The van der Waals surface area contributed by atoms with Gasteiger partial charge in [0.05, 0.1) is 17.2 Å². The minimum absolute atomic E-state index is 0.0974. The van der Waals surface area contributed by atoms with E-state index in [1.807, 2.05) is 24.3 Å². The third-order valence-corrected chi connectivity index (χ3v) is 8.00. The maximum atomic E-state index is 13.7. The topological polar surface area (TPSA) is 178 Å². The molecule has 7 N–H and O–H groups in total. The summed E-state index contributed by atoms with van der Waals surface area (Å²) in [5.74, 6) is -8.51. The quantitative estimate of drug-likeness (QED) is 0.320. The zero-order valence-corrected chi connectivity index (χ0v) is 21.6. The molecule has 0 radical (unpaired) electrons. The van der Waals surface area contributed by atoms with Gasteiger partial charge in [-0.2, -0.15) is 0 Å². The Balaban J connectivity index is 1.77. The normalized spacial score (nSPS) is 27.8. The van der Waals surface area contributed by atoms with Crippen LogP contribution in [0.1, 0.15) is 54.2 Å². The fraction of sp³-hybridized carbons (Fsp3) is 0.300. The predicted molar refractivity (Wildman–Crippen MR) is 142 cm³/mol. The monoisotopic (exact) mass is 531 g/mol. The number of hydrogen-bond donors (Lipinski definition) is 6. The second kappa shape index (κ2) is 8.65. The van der Waals surface area contributed by atoms with Crippen molar-refractivity contribution in [2.75, 3.05) is 0 Å². The number of phenolic OH excluding ortho intramolecular Hbond substituents is 1. The maximum absolute atomic E-state index is 13.7. The zero-order valence-electron chi connectivity index (χ0n) is 21.6. The number of benzene rings is 2. The molecule has 0 spiro atoms. The lowest BCUT2D eigenvalue weighted by Gasteiger charge is -2.49. The number of primary amides is 1. The second-order valence-electron chi connectivity index (χ2n) is 11.3. The largest absolute Gasteiger partial charge is 0.511 e. The lowest BCUT2D eigenvalue weighted by Crippen LogP contribution is -2.62. The highest BCUT2D eigenvalue weighted by molar-refractivity contribution is 6.25. The van der Waals surface area contributed by atoms with Crippen molar-refractivity contribution >= 4 is 29.1 Å². The van der Waals surface area contributed by atoms with E-state index in [9.17, 15) is 39.9 Å². The van der Waals surface area contributed by atoms with Crippen molar-refractivity contribution in [3.63, 3.8) is 0 Å². The zero-order chi connectivity index (χ0) is 28.6. The first kappa shape index (κ1) is 26.4. The van der Waals surface area contributed by atoms with Crippen LogP contribution in [0.5, 0.6) is 5.75 Å². The highest BCUT2D eigenvalue weighted by Gasteiger charge is 2.63. The van der Waals surface area contributed by atoms with Crippen LogP contribution in [0.3, 0.4) is 0 Å². The van der Waals surface area contributed by atoms with Crippen molar-refractivity contribution in [3.05, 3.63) is 87.4 Å². The Kier molecular flexibility index (Phi) is 5.86. The smallest absolute Gasteiger partial charge is 0.255 e. The molecule has 202 valence electrons. The molecule has 0 heterocycles. The summed E-state index contributed by atoms with van der Waals surface area (Å²) < 4.78 is 0. The van der Waals surface area contributed by atoms with E-state index in [-0.39, 0.29) is 16.7 Å². The van der Waals surface area contributed by atoms with Gasteiger partial charge in [-0.3, -0.25) is 14.4 Å². The van der Waals surface area contributed by atoms with Crippen LogP contribution < -0.4 is 5.73 Å². The summed E-state index contributed by atoms with van der Waals surface area (Å²) in [7, 11) is 0. The van der Waals surface area contributed by atoms with Crippen LogP contribution in [0.15, 0.2) is 65.1 Å². The van der Waals surface area contributed by atoms with Crippen molar-refractivity contribution in [2.45, 2.75) is 44.3 Å². The number of aliphatic hydroxyl groups excluding tert-OH is 3. The maximum Gasteiger partial charge on any atom is 0.255 e. The Morgan fingerprint density at radius 1 is 1.05 bits per heavy atom. The number of aliphatic hydroxyl groups is 4. The van der Waals surface area contributed by atoms with Gasteiger partial charge in [-0.15, -0.1) is 0 Å². The summed E-state index contributed by atoms with van der Waals surface area (Å²) in [5, 5.41) is 55.5. The molecule has 0 bridgehead atoms. The Hall–Kier alpha value is -4.21. The summed E-state index contributed by atoms with van der Waals surface area (Å²) in [5.41, 5.74) is 3.14. The van der Waals surface area contributed by atoms with Gasteiger partial charge in [0.1, 0.15) is 22.8 Å². The molecule has 2 aromatic carbocycles. The molecule has 3 aliphatic carbocycles. The molecule has 5 rings (SSSR count). The van der Waals surface area contributed by atoms with E-state index in [0.29, 0.717) is 16.7 Å². The number of carbonyl (C=O) groups excluding carboxylic acids is 3. The molecular weight excluding hydrogens is 502 g/mol. The third-order valence-electron chi connectivity index (χ3n) is 8.00. The van der Waals surface area contributed by atoms with Gasteiger partial charge in [0, 0.05) is 18.3 Å². The number of ketones is 2. The first-order valence-electron chi connectivity index (χ1n) is 12.5. The number of allylic oxidation sites excluding steroid dienone is 1. The van der Waals surface area contributed by atoms with Gasteiger partial charge in [-0.1, -0.05) is 63.2 Å². The van der Waals surface area contributed by atoms with Crippen molar-refractivity contribution in [2.24, 2.45) is 17.6 Å². The van der Waals surface area contributed by atoms with Crippen molar-refractivity contribution < 1.29 is 39.9 Å². The molecular formula is C30H29NO8. The Morgan fingerprint density at radius 2 is 1.69 bits per heavy atom. The first-order chi connectivity index (χ1) is 18.2. The van der Waals surface area contributed by atoms with E-state index in [4.69, 9.17) is 5.73 Å². The SMILES string of the molecule is CC(C)(C)c1ccc(/C=C2\c3cccc(O)c3C(=O)C3=C(O)C4(O)C(=O)C(C(N)=O)=C(O)CC4C(O)C32)cc1. The van der Waals surface area contributed by atoms with Gasteiger partial charge in [0.2, 0.25) is 5.78 Å². The molecule has 3 aliphatic rings.